The number of amides is 1. The Morgan fingerprint density at radius 1 is 1.22 bits per heavy atom. The lowest BCUT2D eigenvalue weighted by atomic mass is 9.83. The molecule has 3 fully saturated rings. The molecule has 0 aromatic rings. The average molecular weight is 252 g/mol. The lowest BCUT2D eigenvalue weighted by Crippen LogP contribution is -2.47. The second kappa shape index (κ2) is 5.17. The van der Waals surface area contributed by atoms with E-state index in [9.17, 15) is 9.90 Å². The molecular formula is C14H24N2O2. The van der Waals surface area contributed by atoms with Crippen molar-refractivity contribution >= 4 is 5.91 Å². The topological polar surface area (TPSA) is 61.4 Å². The maximum atomic E-state index is 12.3. The summed E-state index contributed by atoms with van der Waals surface area (Å²) in [5.74, 6) is 0.666. The number of carbonyl (C=O) groups excluding carboxylic acids is 1. The Bertz CT molecular complexity index is 321. The third kappa shape index (κ3) is 2.28. The minimum Gasteiger partial charge on any atom is -0.396 e. The van der Waals surface area contributed by atoms with Crippen LogP contribution in [0.25, 0.3) is 0 Å². The average Bonchev–Trinajstić information content (AvgIpc) is 3.01. The smallest absolute Gasteiger partial charge is 0.224 e. The van der Waals surface area contributed by atoms with E-state index in [2.05, 4.69) is 10.6 Å². The molecular weight excluding hydrogens is 228 g/mol. The molecule has 2 saturated heterocycles. The highest BCUT2D eigenvalue weighted by Gasteiger charge is 2.43. The van der Waals surface area contributed by atoms with Crippen LogP contribution in [0.3, 0.4) is 0 Å². The maximum Gasteiger partial charge on any atom is 0.224 e. The van der Waals surface area contributed by atoms with E-state index in [4.69, 9.17) is 0 Å². The van der Waals surface area contributed by atoms with E-state index in [1.54, 1.807) is 0 Å². The van der Waals surface area contributed by atoms with Crippen LogP contribution in [0.2, 0.25) is 0 Å². The Labute approximate surface area is 109 Å². The van der Waals surface area contributed by atoms with Crippen molar-refractivity contribution in [2.45, 2.75) is 63.1 Å². The molecule has 4 nitrogen and oxygen atoms in total. The van der Waals surface area contributed by atoms with Crippen molar-refractivity contribution in [3.63, 3.8) is 0 Å². The van der Waals surface area contributed by atoms with Gasteiger partial charge in [0.25, 0.3) is 0 Å². The van der Waals surface area contributed by atoms with Crippen LogP contribution >= 0.6 is 0 Å². The van der Waals surface area contributed by atoms with Crippen LogP contribution < -0.4 is 10.6 Å². The number of aliphatic hydroxyl groups is 1. The van der Waals surface area contributed by atoms with Gasteiger partial charge in [0, 0.05) is 30.7 Å². The molecule has 2 bridgehead atoms. The lowest BCUT2D eigenvalue weighted by molar-refractivity contribution is -0.127. The molecule has 3 aliphatic rings. The Hall–Kier alpha value is -0.610. The zero-order chi connectivity index (χ0) is 12.5. The summed E-state index contributed by atoms with van der Waals surface area (Å²) < 4.78 is 0. The van der Waals surface area contributed by atoms with Gasteiger partial charge in [-0.05, 0) is 32.1 Å². The van der Waals surface area contributed by atoms with Crippen molar-refractivity contribution in [2.75, 3.05) is 6.61 Å². The third-order valence-electron chi connectivity index (χ3n) is 5.11. The number of hydrogen-bond acceptors (Lipinski definition) is 3. The fourth-order valence-corrected chi connectivity index (χ4v) is 4.02. The molecule has 0 spiro atoms. The third-order valence-corrected chi connectivity index (χ3v) is 5.11. The normalized spacial score (nSPS) is 43.1. The summed E-state index contributed by atoms with van der Waals surface area (Å²) in [5.41, 5.74) is 0. The summed E-state index contributed by atoms with van der Waals surface area (Å²) in [6, 6.07) is 1.19. The van der Waals surface area contributed by atoms with Crippen molar-refractivity contribution in [3.8, 4) is 0 Å². The first-order chi connectivity index (χ1) is 8.78. The highest BCUT2D eigenvalue weighted by molar-refractivity contribution is 5.80. The quantitative estimate of drug-likeness (QED) is 0.696. The first kappa shape index (κ1) is 12.4. The molecule has 2 heterocycles. The van der Waals surface area contributed by atoms with E-state index < -0.39 is 0 Å². The fourth-order valence-electron chi connectivity index (χ4n) is 4.02. The Morgan fingerprint density at radius 2 is 2.06 bits per heavy atom. The number of nitrogens with one attached hydrogen (secondary N) is 2. The van der Waals surface area contributed by atoms with E-state index in [0.29, 0.717) is 12.1 Å². The molecule has 5 atom stereocenters. The number of hydrogen-bond donors (Lipinski definition) is 3. The molecule has 4 heteroatoms. The van der Waals surface area contributed by atoms with Crippen molar-refractivity contribution in [1.29, 1.82) is 0 Å². The van der Waals surface area contributed by atoms with Crippen LogP contribution in [0.4, 0.5) is 0 Å². The van der Waals surface area contributed by atoms with Crippen LogP contribution in [0.1, 0.15) is 44.9 Å². The molecule has 102 valence electrons. The number of fused-ring (bicyclic) bond motifs is 2. The number of carbonyl (C=O) groups is 1. The van der Waals surface area contributed by atoms with Gasteiger partial charge in [-0.3, -0.25) is 4.79 Å². The molecule has 2 aliphatic heterocycles. The van der Waals surface area contributed by atoms with Gasteiger partial charge < -0.3 is 15.7 Å². The van der Waals surface area contributed by atoms with E-state index in [0.717, 1.165) is 25.7 Å². The molecule has 18 heavy (non-hydrogen) atoms. The first-order valence-corrected chi connectivity index (χ1v) is 7.45. The van der Waals surface area contributed by atoms with E-state index in [1.165, 1.54) is 19.3 Å². The molecule has 0 aromatic heterocycles. The highest BCUT2D eigenvalue weighted by atomic mass is 16.3. The minimum atomic E-state index is 0.171. The molecule has 0 radical (unpaired) electrons. The van der Waals surface area contributed by atoms with Gasteiger partial charge in [-0.15, -0.1) is 0 Å². The van der Waals surface area contributed by atoms with Crippen molar-refractivity contribution in [3.05, 3.63) is 0 Å². The predicted octanol–water partition coefficient (Wildman–Crippen LogP) is 0.794. The Balaban J connectivity index is 1.56. The minimum absolute atomic E-state index is 0.171. The van der Waals surface area contributed by atoms with Gasteiger partial charge in [0.15, 0.2) is 0 Å². The molecule has 3 rings (SSSR count). The summed E-state index contributed by atoms with van der Waals surface area (Å²) in [6.07, 6.45) is 7.84. The summed E-state index contributed by atoms with van der Waals surface area (Å²) >= 11 is 0. The van der Waals surface area contributed by atoms with Gasteiger partial charge in [-0.1, -0.05) is 12.8 Å². The molecule has 0 aromatic carbocycles. The van der Waals surface area contributed by atoms with Crippen molar-refractivity contribution < 1.29 is 9.90 Å². The summed E-state index contributed by atoms with van der Waals surface area (Å²) in [6.45, 7) is 0.208. The standard InChI is InChI=1S/C14H24N2O2/c17-8-9-3-1-2-4-12(9)16-14(18)11-7-10-5-6-13(11)15-10/h9-13,15,17H,1-8H2,(H,16,18). The van der Waals surface area contributed by atoms with Crippen LogP contribution in [0.15, 0.2) is 0 Å². The number of aliphatic hydroxyl groups excluding tert-OH is 1. The summed E-state index contributed by atoms with van der Waals surface area (Å²) in [7, 11) is 0. The largest absolute Gasteiger partial charge is 0.396 e. The SMILES string of the molecule is O=C(NC1CCCCC1CO)C1CC2CCC1N2. The van der Waals surface area contributed by atoms with Crippen LogP contribution in [0, 0.1) is 11.8 Å². The van der Waals surface area contributed by atoms with Gasteiger partial charge in [0.2, 0.25) is 5.91 Å². The second-order valence-electron chi connectivity index (χ2n) is 6.23. The summed E-state index contributed by atoms with van der Waals surface area (Å²) in [4.78, 5) is 12.3. The maximum absolute atomic E-state index is 12.3. The Morgan fingerprint density at radius 3 is 2.72 bits per heavy atom. The fraction of sp³-hybridized carbons (Fsp3) is 0.929. The van der Waals surface area contributed by atoms with Gasteiger partial charge in [-0.25, -0.2) is 0 Å². The Kier molecular flexibility index (Phi) is 3.57. The van der Waals surface area contributed by atoms with Gasteiger partial charge in [0.1, 0.15) is 0 Å². The molecule has 1 amide bonds. The van der Waals surface area contributed by atoms with Crippen LogP contribution in [-0.2, 0) is 4.79 Å². The summed E-state index contributed by atoms with van der Waals surface area (Å²) in [5, 5.41) is 16.1. The highest BCUT2D eigenvalue weighted by Crippen LogP contribution is 2.34. The molecule has 1 aliphatic carbocycles. The predicted molar refractivity (Wildman–Crippen MR) is 69.0 cm³/mol. The van der Waals surface area contributed by atoms with Crippen LogP contribution in [0.5, 0.6) is 0 Å². The van der Waals surface area contributed by atoms with Crippen molar-refractivity contribution in [2.24, 2.45) is 11.8 Å². The zero-order valence-corrected chi connectivity index (χ0v) is 10.9. The second-order valence-corrected chi connectivity index (χ2v) is 6.23. The van der Waals surface area contributed by atoms with Crippen LogP contribution in [-0.4, -0.2) is 35.7 Å². The van der Waals surface area contributed by atoms with E-state index >= 15 is 0 Å². The molecule has 1 saturated carbocycles. The van der Waals surface area contributed by atoms with Gasteiger partial charge in [-0.2, -0.15) is 0 Å². The lowest BCUT2D eigenvalue weighted by Gasteiger charge is -2.32. The van der Waals surface area contributed by atoms with Gasteiger partial charge in [0.05, 0.1) is 5.92 Å². The molecule has 3 N–H and O–H groups in total. The zero-order valence-electron chi connectivity index (χ0n) is 10.9. The number of rotatable bonds is 3. The van der Waals surface area contributed by atoms with Gasteiger partial charge >= 0.3 is 0 Å². The first-order valence-electron chi connectivity index (χ1n) is 7.45. The van der Waals surface area contributed by atoms with Crippen molar-refractivity contribution in [1.82, 2.24) is 10.6 Å². The van der Waals surface area contributed by atoms with E-state index in [-0.39, 0.29) is 30.4 Å². The molecule has 5 unspecified atom stereocenters. The van der Waals surface area contributed by atoms with E-state index in [1.807, 2.05) is 0 Å². The monoisotopic (exact) mass is 252 g/mol.